The van der Waals surface area contributed by atoms with Crippen LogP contribution in [0.1, 0.15) is 25.3 Å². The second-order valence-electron chi connectivity index (χ2n) is 4.83. The van der Waals surface area contributed by atoms with E-state index in [2.05, 4.69) is 9.84 Å². The molecule has 0 spiro atoms. The molecule has 4 nitrogen and oxygen atoms in total. The lowest BCUT2D eigenvalue weighted by molar-refractivity contribution is -0.0498. The van der Waals surface area contributed by atoms with Crippen LogP contribution in [0.25, 0.3) is 11.3 Å². The number of nitrogens with two attached hydrogens (primary N) is 1. The van der Waals surface area contributed by atoms with Gasteiger partial charge < -0.3 is 10.5 Å². The number of aromatic nitrogens is 2. The fraction of sp³-hybridized carbons (Fsp3) is 0.357. The molecule has 0 atom stereocenters. The van der Waals surface area contributed by atoms with E-state index in [-0.39, 0.29) is 11.7 Å². The van der Waals surface area contributed by atoms with Gasteiger partial charge in [0.25, 0.3) is 0 Å². The molecular weight excluding hydrogens is 264 g/mol. The van der Waals surface area contributed by atoms with Crippen molar-refractivity contribution in [2.75, 3.05) is 5.73 Å². The summed E-state index contributed by atoms with van der Waals surface area (Å²) in [7, 11) is 1.78. The summed E-state index contributed by atoms with van der Waals surface area (Å²) in [5.74, 6) is 0.956. The molecule has 0 aliphatic carbocycles. The van der Waals surface area contributed by atoms with Gasteiger partial charge in [0.2, 0.25) is 0 Å². The van der Waals surface area contributed by atoms with Gasteiger partial charge in [0.15, 0.2) is 0 Å². The summed E-state index contributed by atoms with van der Waals surface area (Å²) in [6.45, 7) is 1.24. The van der Waals surface area contributed by atoms with Crippen molar-refractivity contribution in [3.05, 3.63) is 29.8 Å². The van der Waals surface area contributed by atoms with Gasteiger partial charge in [-0.15, -0.1) is 0 Å². The van der Waals surface area contributed by atoms with Crippen molar-refractivity contribution in [1.29, 1.82) is 0 Å². The fourth-order valence-electron chi connectivity index (χ4n) is 2.13. The third-order valence-corrected chi connectivity index (χ3v) is 3.06. The predicted molar refractivity (Wildman–Crippen MR) is 73.8 cm³/mol. The summed E-state index contributed by atoms with van der Waals surface area (Å²) in [6.07, 6.45) is 0. The Bertz CT molecular complexity index is 591. The standard InChI is InChI=1S/C14H17F2N3O/c1-8(2)11-12(18-19(3)13(11)17)9-4-6-10(7-5-9)20-14(15)16/h4-8,14H,17H2,1-3H3. The molecule has 0 saturated heterocycles. The van der Waals surface area contributed by atoms with E-state index in [1.165, 1.54) is 12.1 Å². The van der Waals surface area contributed by atoms with E-state index >= 15 is 0 Å². The normalized spacial score (nSPS) is 11.3. The van der Waals surface area contributed by atoms with Crippen LogP contribution in [0.4, 0.5) is 14.6 Å². The topological polar surface area (TPSA) is 53.1 Å². The maximum absolute atomic E-state index is 12.1. The molecule has 2 aromatic rings. The molecule has 0 amide bonds. The smallest absolute Gasteiger partial charge is 0.387 e. The van der Waals surface area contributed by atoms with Crippen LogP contribution < -0.4 is 10.5 Å². The van der Waals surface area contributed by atoms with Crippen LogP contribution in [-0.2, 0) is 7.05 Å². The Morgan fingerprint density at radius 1 is 1.20 bits per heavy atom. The third kappa shape index (κ3) is 2.74. The molecule has 6 heteroatoms. The van der Waals surface area contributed by atoms with Gasteiger partial charge >= 0.3 is 6.61 Å². The van der Waals surface area contributed by atoms with E-state index in [9.17, 15) is 8.78 Å². The molecular formula is C14H17F2N3O. The Hall–Kier alpha value is -2.11. The summed E-state index contributed by atoms with van der Waals surface area (Å²) in [5.41, 5.74) is 8.56. The second-order valence-corrected chi connectivity index (χ2v) is 4.83. The molecule has 1 aromatic heterocycles. The molecule has 2 rings (SSSR count). The Balaban J connectivity index is 2.39. The first-order valence-corrected chi connectivity index (χ1v) is 6.27. The van der Waals surface area contributed by atoms with E-state index in [0.717, 1.165) is 16.8 Å². The summed E-state index contributed by atoms with van der Waals surface area (Å²) in [4.78, 5) is 0. The zero-order chi connectivity index (χ0) is 14.9. The predicted octanol–water partition coefficient (Wildman–Crippen LogP) is 3.39. The molecule has 1 aromatic carbocycles. The molecule has 0 saturated carbocycles. The molecule has 0 fully saturated rings. The van der Waals surface area contributed by atoms with E-state index in [1.807, 2.05) is 13.8 Å². The molecule has 0 radical (unpaired) electrons. The summed E-state index contributed by atoms with van der Waals surface area (Å²) >= 11 is 0. The van der Waals surface area contributed by atoms with Crippen molar-refractivity contribution in [2.45, 2.75) is 26.4 Å². The summed E-state index contributed by atoms with van der Waals surface area (Å²) in [6, 6.07) is 6.39. The molecule has 20 heavy (non-hydrogen) atoms. The van der Waals surface area contributed by atoms with Crippen LogP contribution in [0.3, 0.4) is 0 Å². The Morgan fingerprint density at radius 2 is 1.80 bits per heavy atom. The lowest BCUT2D eigenvalue weighted by atomic mass is 9.98. The highest BCUT2D eigenvalue weighted by Gasteiger charge is 2.18. The van der Waals surface area contributed by atoms with Crippen molar-refractivity contribution in [2.24, 2.45) is 7.05 Å². The fourth-order valence-corrected chi connectivity index (χ4v) is 2.13. The molecule has 2 N–H and O–H groups in total. The lowest BCUT2D eigenvalue weighted by Crippen LogP contribution is -2.01. The highest BCUT2D eigenvalue weighted by molar-refractivity contribution is 5.69. The van der Waals surface area contributed by atoms with Crippen molar-refractivity contribution in [3.63, 3.8) is 0 Å². The first kappa shape index (κ1) is 14.3. The van der Waals surface area contributed by atoms with Crippen molar-refractivity contribution in [3.8, 4) is 17.0 Å². The monoisotopic (exact) mass is 281 g/mol. The maximum atomic E-state index is 12.1. The Morgan fingerprint density at radius 3 is 2.30 bits per heavy atom. The summed E-state index contributed by atoms with van der Waals surface area (Å²) in [5, 5.41) is 4.39. The van der Waals surface area contributed by atoms with E-state index < -0.39 is 6.61 Å². The van der Waals surface area contributed by atoms with Gasteiger partial charge in [-0.05, 0) is 30.2 Å². The van der Waals surface area contributed by atoms with Gasteiger partial charge in [-0.3, -0.25) is 4.68 Å². The number of ether oxygens (including phenoxy) is 1. The number of hydrogen-bond donors (Lipinski definition) is 1. The molecule has 0 unspecified atom stereocenters. The number of nitrogens with zero attached hydrogens (tertiary/aromatic N) is 2. The number of nitrogen functional groups attached to an aromatic ring is 1. The van der Waals surface area contributed by atoms with E-state index in [0.29, 0.717) is 5.82 Å². The van der Waals surface area contributed by atoms with Gasteiger partial charge in [-0.25, -0.2) is 0 Å². The highest BCUT2D eigenvalue weighted by atomic mass is 19.3. The number of rotatable bonds is 4. The molecule has 0 aliphatic heterocycles. The van der Waals surface area contributed by atoms with Gasteiger partial charge in [-0.2, -0.15) is 13.9 Å². The van der Waals surface area contributed by atoms with Crippen LogP contribution in [0.2, 0.25) is 0 Å². The minimum absolute atomic E-state index is 0.124. The average Bonchev–Trinajstić information content (AvgIpc) is 2.66. The molecule has 0 aliphatic rings. The van der Waals surface area contributed by atoms with Crippen LogP contribution in [0, 0.1) is 0 Å². The van der Waals surface area contributed by atoms with Crippen LogP contribution >= 0.6 is 0 Å². The Kier molecular flexibility index (Phi) is 3.92. The number of alkyl halides is 2. The zero-order valence-electron chi connectivity index (χ0n) is 11.6. The summed E-state index contributed by atoms with van der Waals surface area (Å²) < 4.78 is 30.2. The largest absolute Gasteiger partial charge is 0.435 e. The van der Waals surface area contributed by atoms with Crippen molar-refractivity contribution >= 4 is 5.82 Å². The molecule has 1 heterocycles. The number of aryl methyl sites for hydroxylation is 1. The lowest BCUT2D eigenvalue weighted by Gasteiger charge is -2.08. The minimum atomic E-state index is -2.82. The maximum Gasteiger partial charge on any atom is 0.387 e. The van der Waals surface area contributed by atoms with Crippen LogP contribution in [0.15, 0.2) is 24.3 Å². The van der Waals surface area contributed by atoms with Crippen molar-refractivity contribution < 1.29 is 13.5 Å². The van der Waals surface area contributed by atoms with E-state index in [1.54, 1.807) is 23.9 Å². The minimum Gasteiger partial charge on any atom is -0.435 e. The number of halogens is 2. The highest BCUT2D eigenvalue weighted by Crippen LogP contribution is 2.33. The molecule has 0 bridgehead atoms. The molecule has 108 valence electrons. The number of hydrogen-bond acceptors (Lipinski definition) is 3. The van der Waals surface area contributed by atoms with Gasteiger partial charge in [-0.1, -0.05) is 13.8 Å². The number of benzene rings is 1. The van der Waals surface area contributed by atoms with Crippen LogP contribution in [-0.4, -0.2) is 16.4 Å². The first-order valence-electron chi connectivity index (χ1n) is 6.27. The third-order valence-electron chi connectivity index (χ3n) is 3.06. The average molecular weight is 281 g/mol. The Labute approximate surface area is 116 Å². The van der Waals surface area contributed by atoms with Crippen LogP contribution in [0.5, 0.6) is 5.75 Å². The van der Waals surface area contributed by atoms with Gasteiger partial charge in [0, 0.05) is 18.2 Å². The number of anilines is 1. The van der Waals surface area contributed by atoms with Gasteiger partial charge in [0.05, 0.1) is 5.69 Å². The quantitative estimate of drug-likeness (QED) is 0.934. The zero-order valence-corrected chi connectivity index (χ0v) is 11.6. The SMILES string of the molecule is CC(C)c1c(-c2ccc(OC(F)F)cc2)nn(C)c1N. The van der Waals surface area contributed by atoms with Crippen molar-refractivity contribution in [1.82, 2.24) is 9.78 Å². The van der Waals surface area contributed by atoms with E-state index in [4.69, 9.17) is 5.73 Å². The first-order chi connectivity index (χ1) is 9.40. The second kappa shape index (κ2) is 5.48. The van der Waals surface area contributed by atoms with Gasteiger partial charge in [0.1, 0.15) is 11.6 Å².